The Morgan fingerprint density at radius 1 is 1.08 bits per heavy atom. The van der Waals surface area contributed by atoms with Gasteiger partial charge in [0, 0.05) is 63.3 Å². The zero-order valence-electron chi connectivity index (χ0n) is 14.2. The number of nitrogens with one attached hydrogen (secondary N) is 1. The lowest BCUT2D eigenvalue weighted by Crippen LogP contribution is -2.51. The minimum atomic E-state index is 0.644. The van der Waals surface area contributed by atoms with Crippen molar-refractivity contribution < 1.29 is 0 Å². The molecule has 0 aliphatic carbocycles. The van der Waals surface area contributed by atoms with Crippen LogP contribution in [0.1, 0.15) is 5.69 Å². The van der Waals surface area contributed by atoms with Gasteiger partial charge >= 0.3 is 0 Å². The third kappa shape index (κ3) is 3.66. The third-order valence-corrected chi connectivity index (χ3v) is 4.42. The molecule has 1 N–H and O–H groups in total. The maximum Gasteiger partial charge on any atom is 0.151 e. The Labute approximate surface area is 146 Å². The average Bonchev–Trinajstić information content (AvgIpc) is 3.03. The van der Waals surface area contributed by atoms with E-state index in [1.807, 2.05) is 48.3 Å². The predicted molar refractivity (Wildman–Crippen MR) is 95.9 cm³/mol. The summed E-state index contributed by atoms with van der Waals surface area (Å²) in [6.07, 6.45) is 5.50. The Kier molecular flexibility index (Phi) is 4.39. The van der Waals surface area contributed by atoms with E-state index in [1.54, 1.807) is 12.4 Å². The van der Waals surface area contributed by atoms with Gasteiger partial charge in [0.15, 0.2) is 5.82 Å². The normalized spacial score (nSPS) is 14.5. The smallest absolute Gasteiger partial charge is 0.151 e. The molecule has 0 bridgehead atoms. The molecule has 1 aliphatic rings. The van der Waals surface area contributed by atoms with Crippen molar-refractivity contribution >= 4 is 5.82 Å². The van der Waals surface area contributed by atoms with Gasteiger partial charge < -0.3 is 10.2 Å². The first kappa shape index (κ1) is 15.7. The van der Waals surface area contributed by atoms with Crippen LogP contribution in [0.4, 0.5) is 5.82 Å². The second kappa shape index (κ2) is 6.98. The van der Waals surface area contributed by atoms with Gasteiger partial charge in [-0.2, -0.15) is 5.10 Å². The van der Waals surface area contributed by atoms with Crippen LogP contribution >= 0.6 is 0 Å². The van der Waals surface area contributed by atoms with E-state index in [2.05, 4.69) is 30.5 Å². The molecule has 0 spiro atoms. The average molecular weight is 335 g/mol. The topological polar surface area (TPSA) is 71.8 Å². The third-order valence-electron chi connectivity index (χ3n) is 4.42. The van der Waals surface area contributed by atoms with Crippen molar-refractivity contribution in [3.8, 4) is 11.3 Å². The van der Waals surface area contributed by atoms with Crippen molar-refractivity contribution in [3.05, 3.63) is 54.6 Å². The highest BCUT2D eigenvalue weighted by Gasteiger charge is 2.27. The summed E-state index contributed by atoms with van der Waals surface area (Å²) in [7, 11) is 1.94. The Bertz CT molecular complexity index is 807. The van der Waals surface area contributed by atoms with Crippen molar-refractivity contribution in [2.45, 2.75) is 6.54 Å². The summed E-state index contributed by atoms with van der Waals surface area (Å²) >= 11 is 0. The SMILES string of the molecule is Cn1ccc(CNCC2CN(c3ccc(-c4ccncc4)nn3)C2)n1. The molecule has 4 heterocycles. The maximum atomic E-state index is 4.37. The van der Waals surface area contributed by atoms with Crippen LogP contribution in [-0.4, -0.2) is 44.6 Å². The second-order valence-electron chi connectivity index (χ2n) is 6.40. The number of anilines is 1. The molecule has 128 valence electrons. The lowest BCUT2D eigenvalue weighted by Gasteiger charge is -2.40. The van der Waals surface area contributed by atoms with Crippen LogP contribution in [-0.2, 0) is 13.6 Å². The summed E-state index contributed by atoms with van der Waals surface area (Å²) in [5, 5.41) is 16.5. The molecule has 7 nitrogen and oxygen atoms in total. The molecule has 4 rings (SSSR count). The van der Waals surface area contributed by atoms with Crippen LogP contribution in [0.5, 0.6) is 0 Å². The van der Waals surface area contributed by atoms with Crippen LogP contribution in [0, 0.1) is 5.92 Å². The van der Waals surface area contributed by atoms with Gasteiger partial charge in [-0.15, -0.1) is 10.2 Å². The summed E-state index contributed by atoms with van der Waals surface area (Å²) in [6.45, 7) is 3.84. The number of pyridine rings is 1. The minimum absolute atomic E-state index is 0.644. The lowest BCUT2D eigenvalue weighted by atomic mass is 10.0. The number of nitrogens with zero attached hydrogens (tertiary/aromatic N) is 6. The van der Waals surface area contributed by atoms with E-state index in [-0.39, 0.29) is 0 Å². The highest BCUT2D eigenvalue weighted by molar-refractivity contribution is 5.59. The Balaban J connectivity index is 1.25. The number of rotatable bonds is 6. The van der Waals surface area contributed by atoms with Crippen LogP contribution in [0.15, 0.2) is 48.9 Å². The highest BCUT2D eigenvalue weighted by atomic mass is 15.3. The van der Waals surface area contributed by atoms with Gasteiger partial charge in [0.2, 0.25) is 0 Å². The zero-order chi connectivity index (χ0) is 17.1. The first-order valence-corrected chi connectivity index (χ1v) is 8.46. The van der Waals surface area contributed by atoms with Gasteiger partial charge in [-0.25, -0.2) is 0 Å². The number of aryl methyl sites for hydroxylation is 1. The molecule has 3 aromatic rings. The molecule has 0 radical (unpaired) electrons. The highest BCUT2D eigenvalue weighted by Crippen LogP contribution is 2.23. The largest absolute Gasteiger partial charge is 0.354 e. The van der Waals surface area contributed by atoms with Crippen molar-refractivity contribution in [3.63, 3.8) is 0 Å². The summed E-state index contributed by atoms with van der Waals surface area (Å²) in [5.74, 6) is 1.59. The standard InChI is InChI=1S/C18H21N7/c1-24-9-6-16(23-24)11-20-10-14-12-25(13-14)18-3-2-17(21-22-18)15-4-7-19-8-5-15/h2-9,14,20H,10-13H2,1H3. The molecule has 0 saturated carbocycles. The van der Waals surface area contributed by atoms with Crippen LogP contribution in [0.25, 0.3) is 11.3 Å². The first-order valence-electron chi connectivity index (χ1n) is 8.46. The summed E-state index contributed by atoms with van der Waals surface area (Å²) < 4.78 is 1.83. The number of hydrogen-bond acceptors (Lipinski definition) is 6. The Morgan fingerprint density at radius 3 is 2.60 bits per heavy atom. The fourth-order valence-electron chi connectivity index (χ4n) is 3.02. The molecule has 0 aromatic carbocycles. The van der Waals surface area contributed by atoms with Gasteiger partial charge in [-0.1, -0.05) is 0 Å². The van der Waals surface area contributed by atoms with Gasteiger partial charge in [0.25, 0.3) is 0 Å². The van der Waals surface area contributed by atoms with E-state index in [0.717, 1.165) is 48.9 Å². The quantitative estimate of drug-likeness (QED) is 0.736. The molecule has 0 unspecified atom stereocenters. The molecule has 1 saturated heterocycles. The monoisotopic (exact) mass is 335 g/mol. The van der Waals surface area contributed by atoms with Crippen molar-refractivity contribution in [2.75, 3.05) is 24.5 Å². The lowest BCUT2D eigenvalue weighted by molar-refractivity contribution is 0.380. The molecule has 7 heteroatoms. The van der Waals surface area contributed by atoms with Gasteiger partial charge in [-0.3, -0.25) is 9.67 Å². The molecule has 3 aromatic heterocycles. The summed E-state index contributed by atoms with van der Waals surface area (Å²) in [5.41, 5.74) is 2.99. The van der Waals surface area contributed by atoms with Crippen LogP contribution in [0.2, 0.25) is 0 Å². The summed E-state index contributed by atoms with van der Waals surface area (Å²) in [4.78, 5) is 6.29. The van der Waals surface area contributed by atoms with E-state index < -0.39 is 0 Å². The molecular weight excluding hydrogens is 314 g/mol. The first-order chi connectivity index (χ1) is 12.3. The molecular formula is C18H21N7. The Morgan fingerprint density at radius 2 is 1.92 bits per heavy atom. The molecule has 0 amide bonds. The van der Waals surface area contributed by atoms with E-state index in [4.69, 9.17) is 0 Å². The Hall–Kier alpha value is -2.80. The zero-order valence-corrected chi connectivity index (χ0v) is 14.2. The van der Waals surface area contributed by atoms with E-state index in [9.17, 15) is 0 Å². The minimum Gasteiger partial charge on any atom is -0.354 e. The fourth-order valence-corrected chi connectivity index (χ4v) is 3.02. The van der Waals surface area contributed by atoms with Gasteiger partial charge in [0.05, 0.1) is 11.4 Å². The van der Waals surface area contributed by atoms with Crippen LogP contribution in [0.3, 0.4) is 0 Å². The molecule has 0 atom stereocenters. The fraction of sp³-hybridized carbons (Fsp3) is 0.333. The van der Waals surface area contributed by atoms with Gasteiger partial charge in [0.1, 0.15) is 0 Å². The van der Waals surface area contributed by atoms with Crippen LogP contribution < -0.4 is 10.2 Å². The summed E-state index contributed by atoms with van der Waals surface area (Å²) in [6, 6.07) is 9.98. The van der Waals surface area contributed by atoms with Crippen molar-refractivity contribution in [2.24, 2.45) is 13.0 Å². The number of hydrogen-bond donors (Lipinski definition) is 1. The molecule has 1 fully saturated rings. The van der Waals surface area contributed by atoms with Crippen molar-refractivity contribution in [1.82, 2.24) is 30.3 Å². The van der Waals surface area contributed by atoms with Gasteiger partial charge in [-0.05, 0) is 30.3 Å². The predicted octanol–water partition coefficient (Wildman–Crippen LogP) is 1.50. The number of aromatic nitrogens is 5. The second-order valence-corrected chi connectivity index (χ2v) is 6.40. The van der Waals surface area contributed by atoms with E-state index >= 15 is 0 Å². The molecule has 25 heavy (non-hydrogen) atoms. The van der Waals surface area contributed by atoms with E-state index in [0.29, 0.717) is 5.92 Å². The van der Waals surface area contributed by atoms with Crippen molar-refractivity contribution in [1.29, 1.82) is 0 Å². The van der Waals surface area contributed by atoms with E-state index in [1.165, 1.54) is 0 Å². The maximum absolute atomic E-state index is 4.37. The molecule has 1 aliphatic heterocycles.